The maximum Gasteiger partial charge on any atom is 0.265 e. The summed E-state index contributed by atoms with van der Waals surface area (Å²) in [5.74, 6) is 1.38. The van der Waals surface area contributed by atoms with Crippen molar-refractivity contribution >= 4 is 10.1 Å². The van der Waals surface area contributed by atoms with Gasteiger partial charge in [0.2, 0.25) is 0 Å². The van der Waals surface area contributed by atoms with E-state index in [1.165, 1.54) is 0 Å². The average Bonchev–Trinajstić information content (AvgIpc) is 2.54. The van der Waals surface area contributed by atoms with Crippen LogP contribution in [0.25, 0.3) is 0 Å². The molecule has 0 bridgehead atoms. The lowest BCUT2D eigenvalue weighted by Crippen LogP contribution is -2.30. The third-order valence-electron chi connectivity index (χ3n) is 3.39. The SMILES string of the molecule is CC(C)Oc1ccc(OC(CC(N)OS(C)(=O)=O)c2ccccc2)cc1. The first-order valence-electron chi connectivity index (χ1n) is 8.35. The van der Waals surface area contributed by atoms with Crippen LogP contribution >= 0.6 is 0 Å². The average molecular weight is 379 g/mol. The summed E-state index contributed by atoms with van der Waals surface area (Å²) in [4.78, 5) is 0. The number of benzene rings is 2. The molecule has 6 nitrogen and oxygen atoms in total. The van der Waals surface area contributed by atoms with Gasteiger partial charge in [0.25, 0.3) is 10.1 Å². The van der Waals surface area contributed by atoms with Crippen LogP contribution in [0.3, 0.4) is 0 Å². The summed E-state index contributed by atoms with van der Waals surface area (Å²) in [6.07, 6.45) is -0.214. The Bertz CT molecular complexity index is 775. The van der Waals surface area contributed by atoms with E-state index in [1.54, 1.807) is 12.1 Å². The first-order valence-corrected chi connectivity index (χ1v) is 10.2. The van der Waals surface area contributed by atoms with Crippen LogP contribution in [0.1, 0.15) is 31.9 Å². The summed E-state index contributed by atoms with van der Waals surface area (Å²) in [6.45, 7) is 3.91. The zero-order valence-corrected chi connectivity index (χ0v) is 16.0. The van der Waals surface area contributed by atoms with E-state index in [0.717, 1.165) is 17.6 Å². The van der Waals surface area contributed by atoms with Gasteiger partial charge < -0.3 is 15.2 Å². The molecule has 2 unspecified atom stereocenters. The standard InChI is InChI=1S/C19H25NO5S/c1-14(2)23-16-9-11-17(12-10-16)24-18(15-7-5-4-6-8-15)13-19(20)25-26(3,21)22/h4-12,14,18-19H,13,20H2,1-3H3. The summed E-state index contributed by atoms with van der Waals surface area (Å²) in [5.41, 5.74) is 6.71. The fourth-order valence-corrected chi connectivity index (χ4v) is 2.96. The lowest BCUT2D eigenvalue weighted by molar-refractivity contribution is 0.119. The minimum Gasteiger partial charge on any atom is -0.491 e. The molecule has 0 radical (unpaired) electrons. The number of ether oxygens (including phenoxy) is 2. The maximum absolute atomic E-state index is 11.3. The molecule has 0 amide bonds. The second kappa shape index (κ2) is 9.02. The molecule has 0 aliphatic rings. The summed E-state index contributed by atoms with van der Waals surface area (Å²) in [6, 6.07) is 16.7. The molecule has 0 aliphatic heterocycles. The Balaban J connectivity index is 2.14. The van der Waals surface area contributed by atoms with Crippen molar-refractivity contribution in [1.29, 1.82) is 0 Å². The van der Waals surface area contributed by atoms with Gasteiger partial charge in [0, 0.05) is 6.42 Å². The van der Waals surface area contributed by atoms with E-state index in [-0.39, 0.29) is 12.5 Å². The van der Waals surface area contributed by atoms with E-state index in [2.05, 4.69) is 0 Å². The monoisotopic (exact) mass is 379 g/mol. The zero-order chi connectivity index (χ0) is 19.2. The lowest BCUT2D eigenvalue weighted by Gasteiger charge is -2.22. The smallest absolute Gasteiger partial charge is 0.265 e. The van der Waals surface area contributed by atoms with Gasteiger partial charge in [0.05, 0.1) is 12.4 Å². The maximum atomic E-state index is 11.3. The predicted molar refractivity (Wildman–Crippen MR) is 101 cm³/mol. The van der Waals surface area contributed by atoms with Gasteiger partial charge in [-0.1, -0.05) is 30.3 Å². The summed E-state index contributed by atoms with van der Waals surface area (Å²) >= 11 is 0. The van der Waals surface area contributed by atoms with Crippen LogP contribution in [-0.2, 0) is 14.3 Å². The zero-order valence-electron chi connectivity index (χ0n) is 15.2. The lowest BCUT2D eigenvalue weighted by atomic mass is 10.1. The van der Waals surface area contributed by atoms with Crippen molar-refractivity contribution in [3.05, 3.63) is 60.2 Å². The molecule has 2 atom stereocenters. The third kappa shape index (κ3) is 7.03. The normalized spacial score (nSPS) is 14.0. The number of hydrogen-bond acceptors (Lipinski definition) is 6. The second-order valence-corrected chi connectivity index (χ2v) is 7.83. The molecule has 0 saturated carbocycles. The van der Waals surface area contributed by atoms with Gasteiger partial charge in [-0.3, -0.25) is 4.18 Å². The first-order chi connectivity index (χ1) is 12.2. The Kier molecular flexibility index (Phi) is 7.02. The van der Waals surface area contributed by atoms with Crippen LogP contribution < -0.4 is 15.2 Å². The molecular formula is C19H25NO5S. The fourth-order valence-electron chi connectivity index (χ4n) is 2.43. The Morgan fingerprint density at radius 2 is 1.46 bits per heavy atom. The summed E-state index contributed by atoms with van der Waals surface area (Å²) < 4.78 is 39.1. The fraction of sp³-hybridized carbons (Fsp3) is 0.368. The Morgan fingerprint density at radius 3 is 1.96 bits per heavy atom. The minimum atomic E-state index is -3.64. The van der Waals surface area contributed by atoms with Gasteiger partial charge in [-0.25, -0.2) is 0 Å². The highest BCUT2D eigenvalue weighted by molar-refractivity contribution is 7.86. The molecule has 2 aromatic carbocycles. The molecule has 142 valence electrons. The van der Waals surface area contributed by atoms with Crippen molar-refractivity contribution in [2.45, 2.75) is 38.7 Å². The Labute approximate surface area is 155 Å². The first kappa shape index (κ1) is 20.2. The predicted octanol–water partition coefficient (Wildman–Crippen LogP) is 3.25. The molecule has 0 spiro atoms. The summed E-state index contributed by atoms with van der Waals surface area (Å²) in [7, 11) is -3.64. The molecule has 0 heterocycles. The van der Waals surface area contributed by atoms with Crippen LogP contribution in [0.5, 0.6) is 11.5 Å². The van der Waals surface area contributed by atoms with Crippen molar-refractivity contribution in [3.8, 4) is 11.5 Å². The Hall–Kier alpha value is -2.09. The highest BCUT2D eigenvalue weighted by atomic mass is 32.2. The van der Waals surface area contributed by atoms with E-state index in [1.807, 2.05) is 56.3 Å². The quantitative estimate of drug-likeness (QED) is 0.531. The Morgan fingerprint density at radius 1 is 0.923 bits per heavy atom. The van der Waals surface area contributed by atoms with Crippen molar-refractivity contribution in [1.82, 2.24) is 0 Å². The van der Waals surface area contributed by atoms with Crippen molar-refractivity contribution in [3.63, 3.8) is 0 Å². The van der Waals surface area contributed by atoms with E-state index in [4.69, 9.17) is 19.4 Å². The molecule has 0 aromatic heterocycles. The molecule has 26 heavy (non-hydrogen) atoms. The van der Waals surface area contributed by atoms with Crippen LogP contribution in [0.2, 0.25) is 0 Å². The highest BCUT2D eigenvalue weighted by Crippen LogP contribution is 2.28. The van der Waals surface area contributed by atoms with E-state index in [0.29, 0.717) is 5.75 Å². The topological polar surface area (TPSA) is 87.8 Å². The van der Waals surface area contributed by atoms with Crippen LogP contribution in [0.15, 0.2) is 54.6 Å². The van der Waals surface area contributed by atoms with Gasteiger partial charge in [-0.2, -0.15) is 8.42 Å². The van der Waals surface area contributed by atoms with E-state index < -0.39 is 22.4 Å². The third-order valence-corrected chi connectivity index (χ3v) is 3.99. The van der Waals surface area contributed by atoms with E-state index >= 15 is 0 Å². The molecule has 0 saturated heterocycles. The van der Waals surface area contributed by atoms with Crippen LogP contribution in [0.4, 0.5) is 0 Å². The molecule has 7 heteroatoms. The van der Waals surface area contributed by atoms with Gasteiger partial charge in [0.1, 0.15) is 23.8 Å². The largest absolute Gasteiger partial charge is 0.491 e. The summed E-state index contributed by atoms with van der Waals surface area (Å²) in [5, 5.41) is 0. The van der Waals surface area contributed by atoms with Gasteiger partial charge in [0.15, 0.2) is 0 Å². The van der Waals surface area contributed by atoms with Gasteiger partial charge in [-0.15, -0.1) is 0 Å². The molecule has 0 aliphatic carbocycles. The van der Waals surface area contributed by atoms with Gasteiger partial charge in [-0.05, 0) is 43.7 Å². The molecule has 2 aromatic rings. The highest BCUT2D eigenvalue weighted by Gasteiger charge is 2.21. The van der Waals surface area contributed by atoms with Crippen molar-refractivity contribution in [2.75, 3.05) is 6.26 Å². The van der Waals surface area contributed by atoms with Crippen LogP contribution in [0, 0.1) is 0 Å². The second-order valence-electron chi connectivity index (χ2n) is 6.23. The van der Waals surface area contributed by atoms with Crippen molar-refractivity contribution < 1.29 is 22.1 Å². The molecule has 0 fully saturated rings. The number of hydrogen-bond donors (Lipinski definition) is 1. The van der Waals surface area contributed by atoms with Crippen LogP contribution in [-0.4, -0.2) is 27.0 Å². The minimum absolute atomic E-state index is 0.0879. The molecule has 2 N–H and O–H groups in total. The van der Waals surface area contributed by atoms with Crippen molar-refractivity contribution in [2.24, 2.45) is 5.73 Å². The number of rotatable bonds is 9. The van der Waals surface area contributed by atoms with E-state index in [9.17, 15) is 8.42 Å². The molecular weight excluding hydrogens is 354 g/mol. The molecule has 2 rings (SSSR count). The van der Waals surface area contributed by atoms with Gasteiger partial charge >= 0.3 is 0 Å². The number of nitrogens with two attached hydrogens (primary N) is 1.